The highest BCUT2D eigenvalue weighted by Gasteiger charge is 2.07. The van der Waals surface area contributed by atoms with Gasteiger partial charge < -0.3 is 5.32 Å². The summed E-state index contributed by atoms with van der Waals surface area (Å²) in [5.74, 6) is 0. The SMILES string of the molecule is CNCc1csc(Cc2nc(-c3ccccc3)cs2)c1. The summed E-state index contributed by atoms with van der Waals surface area (Å²) in [6.45, 7) is 0.934. The first-order valence-corrected chi connectivity index (χ1v) is 8.32. The zero-order valence-electron chi connectivity index (χ0n) is 11.3. The molecule has 0 spiro atoms. The van der Waals surface area contributed by atoms with Gasteiger partial charge in [-0.15, -0.1) is 22.7 Å². The molecule has 0 saturated carbocycles. The highest BCUT2D eigenvalue weighted by atomic mass is 32.1. The molecule has 0 unspecified atom stereocenters. The molecule has 3 aromatic rings. The van der Waals surface area contributed by atoms with Crippen molar-refractivity contribution in [2.45, 2.75) is 13.0 Å². The largest absolute Gasteiger partial charge is 0.316 e. The van der Waals surface area contributed by atoms with E-state index in [2.05, 4.69) is 46.4 Å². The van der Waals surface area contributed by atoms with Crippen molar-refractivity contribution in [3.05, 3.63) is 62.6 Å². The van der Waals surface area contributed by atoms with Crippen LogP contribution in [0.2, 0.25) is 0 Å². The third-order valence-corrected chi connectivity index (χ3v) is 4.87. The lowest BCUT2D eigenvalue weighted by Crippen LogP contribution is -2.03. The summed E-state index contributed by atoms with van der Waals surface area (Å²) >= 11 is 3.56. The van der Waals surface area contributed by atoms with Gasteiger partial charge in [-0.05, 0) is 24.1 Å². The van der Waals surface area contributed by atoms with E-state index >= 15 is 0 Å². The Labute approximate surface area is 127 Å². The van der Waals surface area contributed by atoms with Crippen molar-refractivity contribution in [1.82, 2.24) is 10.3 Å². The number of thiophene rings is 1. The Morgan fingerprint density at radius 1 is 1.10 bits per heavy atom. The topological polar surface area (TPSA) is 24.9 Å². The van der Waals surface area contributed by atoms with Gasteiger partial charge >= 0.3 is 0 Å². The highest BCUT2D eigenvalue weighted by molar-refractivity contribution is 7.11. The first-order chi connectivity index (χ1) is 9.85. The summed E-state index contributed by atoms with van der Waals surface area (Å²) < 4.78 is 0. The summed E-state index contributed by atoms with van der Waals surface area (Å²) in [6.07, 6.45) is 0.936. The lowest BCUT2D eigenvalue weighted by atomic mass is 10.2. The maximum atomic E-state index is 4.74. The van der Waals surface area contributed by atoms with Crippen LogP contribution in [0, 0.1) is 0 Å². The average molecular weight is 300 g/mol. The van der Waals surface area contributed by atoms with E-state index in [4.69, 9.17) is 4.98 Å². The van der Waals surface area contributed by atoms with Gasteiger partial charge in [0.15, 0.2) is 0 Å². The molecule has 3 rings (SSSR count). The Kier molecular flexibility index (Phi) is 4.25. The molecule has 20 heavy (non-hydrogen) atoms. The molecule has 0 bridgehead atoms. The third kappa shape index (κ3) is 3.15. The average Bonchev–Trinajstić information content (AvgIpc) is 3.11. The molecular weight excluding hydrogens is 284 g/mol. The minimum absolute atomic E-state index is 0.934. The van der Waals surface area contributed by atoms with Crippen LogP contribution in [-0.2, 0) is 13.0 Å². The van der Waals surface area contributed by atoms with Crippen molar-refractivity contribution in [3.63, 3.8) is 0 Å². The van der Waals surface area contributed by atoms with Crippen LogP contribution in [-0.4, -0.2) is 12.0 Å². The molecule has 102 valence electrons. The summed E-state index contributed by atoms with van der Waals surface area (Å²) in [6, 6.07) is 12.6. The van der Waals surface area contributed by atoms with Crippen LogP contribution in [0.15, 0.2) is 47.2 Å². The van der Waals surface area contributed by atoms with Gasteiger partial charge in [-0.3, -0.25) is 0 Å². The van der Waals surface area contributed by atoms with Crippen molar-refractivity contribution >= 4 is 22.7 Å². The van der Waals surface area contributed by atoms with Crippen molar-refractivity contribution in [2.24, 2.45) is 0 Å². The van der Waals surface area contributed by atoms with Crippen LogP contribution in [0.5, 0.6) is 0 Å². The molecule has 2 nitrogen and oxygen atoms in total. The van der Waals surface area contributed by atoms with Gasteiger partial charge in [-0.2, -0.15) is 0 Å². The van der Waals surface area contributed by atoms with Gasteiger partial charge in [0.1, 0.15) is 0 Å². The van der Waals surface area contributed by atoms with Crippen molar-refractivity contribution in [2.75, 3.05) is 7.05 Å². The Bertz CT molecular complexity index is 671. The van der Waals surface area contributed by atoms with Gasteiger partial charge in [0.2, 0.25) is 0 Å². The van der Waals surface area contributed by atoms with Gasteiger partial charge in [-0.25, -0.2) is 4.98 Å². The second-order valence-electron chi connectivity index (χ2n) is 4.62. The number of benzene rings is 1. The number of nitrogens with one attached hydrogen (secondary N) is 1. The van der Waals surface area contributed by atoms with Crippen LogP contribution in [0.4, 0.5) is 0 Å². The van der Waals surface area contributed by atoms with E-state index in [1.54, 1.807) is 11.3 Å². The second kappa shape index (κ2) is 6.31. The Balaban J connectivity index is 1.73. The monoisotopic (exact) mass is 300 g/mol. The number of nitrogens with zero attached hydrogens (tertiary/aromatic N) is 1. The number of hydrogen-bond donors (Lipinski definition) is 1. The normalized spacial score (nSPS) is 10.8. The molecule has 0 atom stereocenters. The van der Waals surface area contributed by atoms with Crippen LogP contribution in [0.1, 0.15) is 15.4 Å². The fourth-order valence-corrected chi connectivity index (χ4v) is 3.91. The predicted molar refractivity (Wildman–Crippen MR) is 87.4 cm³/mol. The van der Waals surface area contributed by atoms with E-state index in [1.807, 2.05) is 24.5 Å². The fourth-order valence-electron chi connectivity index (χ4n) is 2.10. The Morgan fingerprint density at radius 3 is 2.75 bits per heavy atom. The van der Waals surface area contributed by atoms with Crippen LogP contribution >= 0.6 is 22.7 Å². The molecular formula is C16H16N2S2. The molecule has 0 radical (unpaired) electrons. The third-order valence-electron chi connectivity index (χ3n) is 3.04. The minimum Gasteiger partial charge on any atom is -0.316 e. The van der Waals surface area contributed by atoms with Crippen molar-refractivity contribution < 1.29 is 0 Å². The summed E-state index contributed by atoms with van der Waals surface area (Å²) in [4.78, 5) is 6.12. The number of thiazole rings is 1. The Hall–Kier alpha value is -1.49. The maximum absolute atomic E-state index is 4.74. The molecule has 4 heteroatoms. The van der Waals surface area contributed by atoms with Crippen molar-refractivity contribution in [1.29, 1.82) is 0 Å². The molecule has 2 heterocycles. The quantitative estimate of drug-likeness (QED) is 0.764. The fraction of sp³-hybridized carbons (Fsp3) is 0.188. The molecule has 1 N–H and O–H groups in total. The zero-order chi connectivity index (χ0) is 13.8. The molecule has 0 fully saturated rings. The zero-order valence-corrected chi connectivity index (χ0v) is 12.9. The van der Waals surface area contributed by atoms with Crippen LogP contribution in [0.3, 0.4) is 0 Å². The van der Waals surface area contributed by atoms with Crippen LogP contribution in [0.25, 0.3) is 11.3 Å². The Morgan fingerprint density at radius 2 is 1.95 bits per heavy atom. The van der Waals surface area contributed by atoms with Gasteiger partial charge in [-0.1, -0.05) is 30.3 Å². The number of hydrogen-bond acceptors (Lipinski definition) is 4. The molecule has 0 amide bonds. The van der Waals surface area contributed by atoms with Gasteiger partial charge in [0.25, 0.3) is 0 Å². The number of aromatic nitrogens is 1. The molecule has 0 aliphatic rings. The predicted octanol–water partition coefficient (Wildman–Crippen LogP) is 4.18. The second-order valence-corrected chi connectivity index (χ2v) is 6.56. The first-order valence-electron chi connectivity index (χ1n) is 6.56. The van der Waals surface area contributed by atoms with E-state index in [0.29, 0.717) is 0 Å². The lowest BCUT2D eigenvalue weighted by molar-refractivity contribution is 0.820. The molecule has 0 aliphatic heterocycles. The van der Waals surface area contributed by atoms with Gasteiger partial charge in [0.05, 0.1) is 10.7 Å². The summed E-state index contributed by atoms with van der Waals surface area (Å²) in [7, 11) is 1.98. The van der Waals surface area contributed by atoms with Crippen LogP contribution < -0.4 is 5.32 Å². The number of rotatable bonds is 5. The van der Waals surface area contributed by atoms with Gasteiger partial charge in [0, 0.05) is 28.8 Å². The van der Waals surface area contributed by atoms with E-state index in [1.165, 1.54) is 21.0 Å². The lowest BCUT2D eigenvalue weighted by Gasteiger charge is -1.95. The van der Waals surface area contributed by atoms with E-state index in [0.717, 1.165) is 18.7 Å². The van der Waals surface area contributed by atoms with E-state index in [-0.39, 0.29) is 0 Å². The summed E-state index contributed by atoms with van der Waals surface area (Å²) in [5.41, 5.74) is 3.63. The minimum atomic E-state index is 0.934. The van der Waals surface area contributed by atoms with E-state index < -0.39 is 0 Å². The first kappa shape index (κ1) is 13.5. The molecule has 0 saturated heterocycles. The standard InChI is InChI=1S/C16H16N2S2/c1-17-9-12-7-14(19-10-12)8-16-18-15(11-20-16)13-5-3-2-4-6-13/h2-7,10-11,17H,8-9H2,1H3. The summed E-state index contributed by atoms with van der Waals surface area (Å²) in [5, 5.41) is 8.73. The maximum Gasteiger partial charge on any atom is 0.0984 e. The smallest absolute Gasteiger partial charge is 0.0984 e. The van der Waals surface area contributed by atoms with Crippen molar-refractivity contribution in [3.8, 4) is 11.3 Å². The highest BCUT2D eigenvalue weighted by Crippen LogP contribution is 2.25. The van der Waals surface area contributed by atoms with E-state index in [9.17, 15) is 0 Å². The molecule has 0 aliphatic carbocycles. The molecule has 2 aromatic heterocycles. The molecule has 1 aromatic carbocycles.